The molecule has 0 aliphatic carbocycles. The predicted octanol–water partition coefficient (Wildman–Crippen LogP) is 4.77. The summed E-state index contributed by atoms with van der Waals surface area (Å²) in [5, 5.41) is 4.72. The van der Waals surface area contributed by atoms with Crippen molar-refractivity contribution in [2.45, 2.75) is 12.5 Å². The molecule has 0 saturated carbocycles. The van der Waals surface area contributed by atoms with E-state index in [1.54, 1.807) is 20.4 Å². The highest BCUT2D eigenvalue weighted by atomic mass is 16.5. The number of methoxy groups -OCH3 is 2. The highest BCUT2D eigenvalue weighted by Crippen LogP contribution is 2.29. The lowest BCUT2D eigenvalue weighted by Gasteiger charge is -2.17. The molecule has 1 unspecified atom stereocenters. The summed E-state index contributed by atoms with van der Waals surface area (Å²) in [6.45, 7) is 0.770. The lowest BCUT2D eigenvalue weighted by Crippen LogP contribution is -2.24. The van der Waals surface area contributed by atoms with Gasteiger partial charge in [0.25, 0.3) is 0 Å². The van der Waals surface area contributed by atoms with Crippen LogP contribution >= 0.6 is 0 Å². The van der Waals surface area contributed by atoms with E-state index >= 15 is 0 Å². The van der Waals surface area contributed by atoms with E-state index < -0.39 is 0 Å². The SMILES string of the molecule is COc1ccc(CCNC(c2cccnc2)c2cc3ccccc3o2)cc1OC. The largest absolute Gasteiger partial charge is 0.493 e. The zero-order chi connectivity index (χ0) is 20.1. The van der Waals surface area contributed by atoms with Gasteiger partial charge in [-0.25, -0.2) is 0 Å². The number of pyridine rings is 1. The molecule has 2 aromatic heterocycles. The number of nitrogens with one attached hydrogen (secondary N) is 1. The average Bonchev–Trinajstić information content (AvgIpc) is 3.21. The third kappa shape index (κ3) is 4.25. The summed E-state index contributed by atoms with van der Waals surface area (Å²) < 4.78 is 16.9. The molecule has 29 heavy (non-hydrogen) atoms. The second kappa shape index (κ2) is 8.80. The Kier molecular flexibility index (Phi) is 5.77. The van der Waals surface area contributed by atoms with Crippen molar-refractivity contribution in [1.82, 2.24) is 10.3 Å². The summed E-state index contributed by atoms with van der Waals surface area (Å²) in [6, 6.07) is 20.1. The molecular formula is C24H24N2O3. The van der Waals surface area contributed by atoms with Crippen molar-refractivity contribution in [2.75, 3.05) is 20.8 Å². The summed E-state index contributed by atoms with van der Waals surface area (Å²) in [4.78, 5) is 4.28. The molecule has 148 valence electrons. The molecule has 5 heteroatoms. The van der Waals surface area contributed by atoms with Crippen LogP contribution in [0.3, 0.4) is 0 Å². The molecule has 1 atom stereocenters. The van der Waals surface area contributed by atoms with Gasteiger partial charge in [0.05, 0.1) is 20.3 Å². The lowest BCUT2D eigenvalue weighted by molar-refractivity contribution is 0.354. The molecule has 0 spiro atoms. The molecule has 0 bridgehead atoms. The number of ether oxygens (including phenoxy) is 2. The van der Waals surface area contributed by atoms with Crippen LogP contribution in [0.2, 0.25) is 0 Å². The van der Waals surface area contributed by atoms with Gasteiger partial charge >= 0.3 is 0 Å². The van der Waals surface area contributed by atoms with Gasteiger partial charge in [-0.05, 0) is 47.9 Å². The van der Waals surface area contributed by atoms with Gasteiger partial charge in [-0.1, -0.05) is 30.3 Å². The van der Waals surface area contributed by atoms with E-state index in [1.807, 2.05) is 42.6 Å². The standard InChI is InChI=1S/C24H24N2O3/c1-27-21-10-9-17(14-22(21)28-2)11-13-26-24(19-7-5-12-25-16-19)23-15-18-6-3-4-8-20(18)29-23/h3-10,12,14-16,24,26H,11,13H2,1-2H3. The molecule has 0 radical (unpaired) electrons. The zero-order valence-electron chi connectivity index (χ0n) is 16.6. The van der Waals surface area contributed by atoms with Crippen LogP contribution in [0.1, 0.15) is 22.9 Å². The molecule has 4 rings (SSSR count). The summed E-state index contributed by atoms with van der Waals surface area (Å²) in [6.07, 6.45) is 4.50. The molecule has 4 aromatic rings. The summed E-state index contributed by atoms with van der Waals surface area (Å²) in [7, 11) is 3.30. The monoisotopic (exact) mass is 388 g/mol. The number of fused-ring (bicyclic) bond motifs is 1. The van der Waals surface area contributed by atoms with Gasteiger partial charge in [-0.15, -0.1) is 0 Å². The number of nitrogens with zero attached hydrogens (tertiary/aromatic N) is 1. The van der Waals surface area contributed by atoms with E-state index in [4.69, 9.17) is 13.9 Å². The second-order valence-corrected chi connectivity index (χ2v) is 6.80. The van der Waals surface area contributed by atoms with Crippen molar-refractivity contribution < 1.29 is 13.9 Å². The number of benzene rings is 2. The maximum atomic E-state index is 6.13. The number of hydrogen-bond acceptors (Lipinski definition) is 5. The van der Waals surface area contributed by atoms with E-state index in [9.17, 15) is 0 Å². The fraction of sp³-hybridized carbons (Fsp3) is 0.208. The Balaban J connectivity index is 1.53. The van der Waals surface area contributed by atoms with Crippen molar-refractivity contribution in [3.8, 4) is 11.5 Å². The van der Waals surface area contributed by atoms with Crippen molar-refractivity contribution in [2.24, 2.45) is 0 Å². The number of para-hydroxylation sites is 1. The van der Waals surface area contributed by atoms with Crippen LogP contribution in [0, 0.1) is 0 Å². The van der Waals surface area contributed by atoms with Crippen molar-refractivity contribution >= 4 is 11.0 Å². The Bertz CT molecular complexity index is 1040. The molecule has 5 nitrogen and oxygen atoms in total. The second-order valence-electron chi connectivity index (χ2n) is 6.80. The molecule has 0 amide bonds. The minimum Gasteiger partial charge on any atom is -0.493 e. The molecule has 2 heterocycles. The first-order valence-corrected chi connectivity index (χ1v) is 9.61. The Morgan fingerprint density at radius 1 is 0.966 bits per heavy atom. The van der Waals surface area contributed by atoms with Crippen LogP contribution in [0.5, 0.6) is 11.5 Å². The van der Waals surface area contributed by atoms with Gasteiger partial charge in [-0.2, -0.15) is 0 Å². The lowest BCUT2D eigenvalue weighted by atomic mass is 10.1. The van der Waals surface area contributed by atoms with Gasteiger partial charge in [0, 0.05) is 24.3 Å². The highest BCUT2D eigenvalue weighted by Gasteiger charge is 2.18. The van der Waals surface area contributed by atoms with Crippen LogP contribution in [0.15, 0.2) is 77.5 Å². The first-order chi connectivity index (χ1) is 14.3. The Morgan fingerprint density at radius 3 is 2.59 bits per heavy atom. The van der Waals surface area contributed by atoms with Gasteiger partial charge in [0.1, 0.15) is 11.3 Å². The number of furan rings is 1. The van der Waals surface area contributed by atoms with Crippen LogP contribution in [0.4, 0.5) is 0 Å². The van der Waals surface area contributed by atoms with E-state index in [-0.39, 0.29) is 6.04 Å². The Hall–Kier alpha value is -3.31. The fourth-order valence-electron chi connectivity index (χ4n) is 3.47. The van der Waals surface area contributed by atoms with Crippen LogP contribution in [-0.2, 0) is 6.42 Å². The van der Waals surface area contributed by atoms with Crippen LogP contribution < -0.4 is 14.8 Å². The van der Waals surface area contributed by atoms with E-state index in [1.165, 1.54) is 5.56 Å². The van der Waals surface area contributed by atoms with E-state index in [0.717, 1.165) is 46.8 Å². The summed E-state index contributed by atoms with van der Waals surface area (Å²) in [5.41, 5.74) is 3.13. The molecule has 0 aliphatic rings. The first kappa shape index (κ1) is 19.0. The predicted molar refractivity (Wildman–Crippen MR) is 114 cm³/mol. The van der Waals surface area contributed by atoms with Crippen molar-refractivity contribution in [3.05, 3.63) is 89.9 Å². The number of aromatic nitrogens is 1. The van der Waals surface area contributed by atoms with Crippen molar-refractivity contribution in [3.63, 3.8) is 0 Å². The topological polar surface area (TPSA) is 56.5 Å². The van der Waals surface area contributed by atoms with Gasteiger partial charge in [0.2, 0.25) is 0 Å². The highest BCUT2D eigenvalue weighted by molar-refractivity contribution is 5.78. The molecule has 0 saturated heterocycles. The zero-order valence-corrected chi connectivity index (χ0v) is 16.6. The van der Waals surface area contributed by atoms with Crippen LogP contribution in [0.25, 0.3) is 11.0 Å². The minimum absolute atomic E-state index is 0.0729. The molecule has 1 N–H and O–H groups in total. The summed E-state index contributed by atoms with van der Waals surface area (Å²) in [5.74, 6) is 2.36. The van der Waals surface area contributed by atoms with Gasteiger partial charge in [-0.3, -0.25) is 4.98 Å². The van der Waals surface area contributed by atoms with E-state index in [0.29, 0.717) is 0 Å². The Morgan fingerprint density at radius 2 is 1.83 bits per heavy atom. The molecule has 0 fully saturated rings. The Labute approximate surface area is 170 Å². The smallest absolute Gasteiger partial charge is 0.160 e. The van der Waals surface area contributed by atoms with Gasteiger partial charge < -0.3 is 19.2 Å². The normalized spacial score (nSPS) is 12.1. The fourth-order valence-corrected chi connectivity index (χ4v) is 3.47. The number of hydrogen-bond donors (Lipinski definition) is 1. The third-order valence-corrected chi connectivity index (χ3v) is 4.96. The third-order valence-electron chi connectivity index (χ3n) is 4.96. The molecular weight excluding hydrogens is 364 g/mol. The number of rotatable bonds is 8. The molecule has 0 aliphatic heterocycles. The van der Waals surface area contributed by atoms with Crippen molar-refractivity contribution in [1.29, 1.82) is 0 Å². The van der Waals surface area contributed by atoms with Crippen LogP contribution in [-0.4, -0.2) is 25.7 Å². The van der Waals surface area contributed by atoms with E-state index in [2.05, 4.69) is 34.6 Å². The van der Waals surface area contributed by atoms with Gasteiger partial charge in [0.15, 0.2) is 11.5 Å². The maximum absolute atomic E-state index is 6.13. The summed E-state index contributed by atoms with van der Waals surface area (Å²) >= 11 is 0. The maximum Gasteiger partial charge on any atom is 0.160 e. The average molecular weight is 388 g/mol. The quantitative estimate of drug-likeness (QED) is 0.471. The first-order valence-electron chi connectivity index (χ1n) is 9.61. The molecule has 2 aromatic carbocycles. The minimum atomic E-state index is -0.0729.